The average Bonchev–Trinajstić information content (AvgIpc) is 3.36. The lowest BCUT2D eigenvalue weighted by Crippen LogP contribution is -2.49. The Morgan fingerprint density at radius 2 is 1.97 bits per heavy atom. The molecule has 4 fully saturated rings. The van der Waals surface area contributed by atoms with Gasteiger partial charge in [0.25, 0.3) is 0 Å². The third-order valence-electron chi connectivity index (χ3n) is 10.6. The molecule has 0 N–H and O–H groups in total. The molecule has 0 aromatic carbocycles. The highest BCUT2D eigenvalue weighted by atomic mass is 15.3. The predicted molar refractivity (Wildman–Crippen MR) is 120 cm³/mol. The van der Waals surface area contributed by atoms with E-state index in [0.29, 0.717) is 17.0 Å². The molecule has 0 bridgehead atoms. The van der Waals surface area contributed by atoms with Crippen LogP contribution in [0.25, 0.3) is 0 Å². The summed E-state index contributed by atoms with van der Waals surface area (Å²) in [6, 6.07) is 4.02. The first-order valence-electron chi connectivity index (χ1n) is 13.0. The highest BCUT2D eigenvalue weighted by Crippen LogP contribution is 2.65. The molecule has 0 amide bonds. The molecule has 4 aliphatic carbocycles. The lowest BCUT2D eigenvalue weighted by molar-refractivity contribution is -0.0747. The van der Waals surface area contributed by atoms with E-state index in [4.69, 9.17) is 5.26 Å². The van der Waals surface area contributed by atoms with E-state index in [-0.39, 0.29) is 0 Å². The first-order valence-corrected chi connectivity index (χ1v) is 13.0. The summed E-state index contributed by atoms with van der Waals surface area (Å²) in [5, 5.41) is 13.5. The second kappa shape index (κ2) is 7.99. The van der Waals surface area contributed by atoms with E-state index < -0.39 is 0 Å². The van der Waals surface area contributed by atoms with Crippen LogP contribution in [-0.2, 0) is 6.54 Å². The molecule has 1 heterocycles. The van der Waals surface area contributed by atoms with Crippen LogP contribution >= 0.6 is 0 Å². The van der Waals surface area contributed by atoms with Crippen LogP contribution in [0.1, 0.15) is 90.7 Å². The number of hydrogen-bond donors (Lipinski definition) is 0. The van der Waals surface area contributed by atoms with Crippen LogP contribution in [0.15, 0.2) is 12.3 Å². The lowest BCUT2D eigenvalue weighted by Gasteiger charge is -2.57. The fraction of sp³-hybridized carbons (Fsp3) is 0.852. The van der Waals surface area contributed by atoms with Gasteiger partial charge in [-0.3, -0.25) is 4.68 Å². The van der Waals surface area contributed by atoms with Crippen molar-refractivity contribution in [1.82, 2.24) is 9.78 Å². The summed E-state index contributed by atoms with van der Waals surface area (Å²) in [5.41, 5.74) is 1.08. The molecule has 9 atom stereocenters. The first kappa shape index (κ1) is 20.6. The van der Waals surface area contributed by atoms with Crippen LogP contribution in [0.3, 0.4) is 0 Å². The number of hydrogen-bond acceptors (Lipinski definition) is 2. The number of nitriles is 1. The van der Waals surface area contributed by atoms with Crippen molar-refractivity contribution in [2.24, 2.45) is 52.8 Å². The molecule has 1 aromatic rings. The van der Waals surface area contributed by atoms with E-state index in [1.165, 1.54) is 57.8 Å². The molecule has 164 valence electrons. The summed E-state index contributed by atoms with van der Waals surface area (Å²) < 4.78 is 2.02. The molecule has 3 nitrogen and oxygen atoms in total. The summed E-state index contributed by atoms with van der Waals surface area (Å²) in [5.74, 6) is 7.60. The highest BCUT2D eigenvalue weighted by Gasteiger charge is 2.57. The van der Waals surface area contributed by atoms with E-state index in [1.54, 1.807) is 6.42 Å². The second-order valence-electron chi connectivity index (χ2n) is 11.8. The summed E-state index contributed by atoms with van der Waals surface area (Å²) in [6.45, 7) is 8.48. The fourth-order valence-corrected chi connectivity index (χ4v) is 9.24. The number of rotatable bonds is 4. The zero-order chi connectivity index (χ0) is 20.9. The molecule has 4 aliphatic rings. The third-order valence-corrected chi connectivity index (χ3v) is 10.6. The van der Waals surface area contributed by atoms with Gasteiger partial charge < -0.3 is 0 Å². The molecule has 8 unspecified atom stereocenters. The summed E-state index contributed by atoms with van der Waals surface area (Å²) in [6.07, 6.45) is 16.9. The highest BCUT2D eigenvalue weighted by molar-refractivity contribution is 5.16. The first-order chi connectivity index (χ1) is 14.5. The maximum atomic E-state index is 9.09. The zero-order valence-corrected chi connectivity index (χ0v) is 19.4. The molecule has 5 rings (SSSR count). The Labute approximate surface area is 183 Å². The van der Waals surface area contributed by atoms with Gasteiger partial charge in [0.1, 0.15) is 6.07 Å². The molecule has 30 heavy (non-hydrogen) atoms. The van der Waals surface area contributed by atoms with Gasteiger partial charge in [-0.2, -0.15) is 10.4 Å². The Hall–Kier alpha value is -1.30. The number of nitrogens with zero attached hydrogens (tertiary/aromatic N) is 3. The molecular weight excluding hydrogens is 366 g/mol. The monoisotopic (exact) mass is 407 g/mol. The van der Waals surface area contributed by atoms with Gasteiger partial charge in [0, 0.05) is 12.7 Å². The number of aromatic nitrogens is 2. The summed E-state index contributed by atoms with van der Waals surface area (Å²) >= 11 is 0. The predicted octanol–water partition coefficient (Wildman–Crippen LogP) is 6.69. The lowest BCUT2D eigenvalue weighted by atomic mass is 9.48. The van der Waals surface area contributed by atoms with Crippen molar-refractivity contribution in [1.29, 1.82) is 5.26 Å². The molecular formula is C27H41N3. The van der Waals surface area contributed by atoms with Gasteiger partial charge in [0.05, 0.1) is 0 Å². The topological polar surface area (TPSA) is 41.6 Å². The van der Waals surface area contributed by atoms with Crippen LogP contribution in [0.5, 0.6) is 0 Å². The molecule has 0 spiro atoms. The van der Waals surface area contributed by atoms with Crippen LogP contribution in [0, 0.1) is 64.1 Å². The Kier molecular flexibility index (Phi) is 5.49. The van der Waals surface area contributed by atoms with E-state index in [2.05, 4.69) is 31.9 Å². The third kappa shape index (κ3) is 3.34. The summed E-state index contributed by atoms with van der Waals surface area (Å²) in [4.78, 5) is 0. The van der Waals surface area contributed by atoms with E-state index >= 15 is 0 Å². The van der Waals surface area contributed by atoms with E-state index in [0.717, 1.165) is 48.0 Å². The minimum atomic E-state index is 0.527. The smallest absolute Gasteiger partial charge is 0.162 e. The second-order valence-corrected chi connectivity index (χ2v) is 11.8. The maximum Gasteiger partial charge on any atom is 0.162 e. The zero-order valence-electron chi connectivity index (χ0n) is 19.4. The van der Waals surface area contributed by atoms with Crippen LogP contribution in [0.4, 0.5) is 0 Å². The molecule has 1 aromatic heterocycles. The maximum absolute atomic E-state index is 9.09. The van der Waals surface area contributed by atoms with Crippen LogP contribution in [0.2, 0.25) is 0 Å². The Morgan fingerprint density at radius 1 is 1.13 bits per heavy atom. The normalized spacial score (nSPS) is 43.9. The van der Waals surface area contributed by atoms with Crippen molar-refractivity contribution in [3.05, 3.63) is 18.0 Å². The average molecular weight is 408 g/mol. The van der Waals surface area contributed by atoms with Crippen molar-refractivity contribution in [2.45, 2.75) is 91.5 Å². The standard InChI is InChI=1S/C27H41N3/c1-4-19-5-7-22-20(15-19)6-8-24-23(22)11-13-27(3)25(9-10-26(24)27)18(2)17-30-14-12-21(16-28)29-30/h12,14,18-20,22-26H,4-11,13,15,17H2,1-3H3/t18-,19?,20?,22?,23?,24?,25?,26?,27?/m1/s1. The minimum Gasteiger partial charge on any atom is -0.271 e. The van der Waals surface area contributed by atoms with Crippen molar-refractivity contribution >= 4 is 0 Å². The SMILES string of the molecule is CCC1CCC2C(CCC3C2CCC2(C)C3CCC2[C@H](C)Cn2ccc(C#N)n2)C1. The summed E-state index contributed by atoms with van der Waals surface area (Å²) in [7, 11) is 0. The van der Waals surface area contributed by atoms with Crippen molar-refractivity contribution < 1.29 is 0 Å². The van der Waals surface area contributed by atoms with Crippen molar-refractivity contribution in [3.63, 3.8) is 0 Å². The van der Waals surface area contributed by atoms with Gasteiger partial charge in [-0.05, 0) is 110 Å². The van der Waals surface area contributed by atoms with Crippen molar-refractivity contribution in [3.8, 4) is 6.07 Å². The van der Waals surface area contributed by atoms with Crippen molar-refractivity contribution in [2.75, 3.05) is 0 Å². The van der Waals surface area contributed by atoms with Gasteiger partial charge in [-0.25, -0.2) is 0 Å². The molecule has 0 radical (unpaired) electrons. The van der Waals surface area contributed by atoms with Crippen LogP contribution < -0.4 is 0 Å². The van der Waals surface area contributed by atoms with Gasteiger partial charge in [-0.15, -0.1) is 0 Å². The largest absolute Gasteiger partial charge is 0.271 e. The number of fused-ring (bicyclic) bond motifs is 5. The quantitative estimate of drug-likeness (QED) is 0.558. The Bertz CT molecular complexity index is 790. The fourth-order valence-electron chi connectivity index (χ4n) is 9.24. The van der Waals surface area contributed by atoms with Crippen LogP contribution in [-0.4, -0.2) is 9.78 Å². The van der Waals surface area contributed by atoms with Gasteiger partial charge in [-0.1, -0.05) is 33.6 Å². The van der Waals surface area contributed by atoms with Gasteiger partial charge >= 0.3 is 0 Å². The van der Waals surface area contributed by atoms with E-state index in [9.17, 15) is 0 Å². The van der Waals surface area contributed by atoms with Gasteiger partial charge in [0.2, 0.25) is 0 Å². The molecule has 3 heteroatoms. The Morgan fingerprint density at radius 3 is 2.73 bits per heavy atom. The molecule has 0 aliphatic heterocycles. The molecule has 0 saturated heterocycles. The minimum absolute atomic E-state index is 0.527. The van der Waals surface area contributed by atoms with Gasteiger partial charge in [0.15, 0.2) is 5.69 Å². The van der Waals surface area contributed by atoms with E-state index in [1.807, 2.05) is 16.9 Å². The molecule has 4 saturated carbocycles. The Balaban J connectivity index is 1.29.